The minimum Gasteiger partial charge on any atom is -0.347 e. The molecule has 0 atom stereocenters. The Morgan fingerprint density at radius 2 is 2.09 bits per heavy atom. The summed E-state index contributed by atoms with van der Waals surface area (Å²) in [6.45, 7) is 3.48. The minimum absolute atomic E-state index is 0.360. The zero-order chi connectivity index (χ0) is 15.0. The van der Waals surface area contributed by atoms with Gasteiger partial charge in [-0.1, -0.05) is 24.3 Å². The largest absolute Gasteiger partial charge is 0.347 e. The van der Waals surface area contributed by atoms with Gasteiger partial charge in [-0.15, -0.1) is 11.3 Å². The Morgan fingerprint density at radius 3 is 2.86 bits per heavy atom. The molecule has 0 bridgehead atoms. The van der Waals surface area contributed by atoms with E-state index in [1.165, 1.54) is 16.7 Å². The number of benzene rings is 1. The standard InChI is InChI=1S/C18H19NO2S/c1-13-19-16(12-22-13)6-5-14-3-2-4-15-11-18(8-7-17(14)15)20-9-10-21-18/h2-6,12H,7-11H2,1H3. The van der Waals surface area contributed by atoms with Crippen LogP contribution >= 0.6 is 11.3 Å². The topological polar surface area (TPSA) is 31.4 Å². The Kier molecular flexibility index (Phi) is 3.60. The third kappa shape index (κ3) is 2.62. The third-order valence-electron chi connectivity index (χ3n) is 4.41. The average Bonchev–Trinajstić information content (AvgIpc) is 3.14. The number of aromatic nitrogens is 1. The Hall–Kier alpha value is -1.49. The van der Waals surface area contributed by atoms with Gasteiger partial charge in [0.25, 0.3) is 0 Å². The van der Waals surface area contributed by atoms with E-state index in [4.69, 9.17) is 9.47 Å². The summed E-state index contributed by atoms with van der Waals surface area (Å²) in [5, 5.41) is 3.20. The molecular weight excluding hydrogens is 294 g/mol. The zero-order valence-electron chi connectivity index (χ0n) is 12.7. The van der Waals surface area contributed by atoms with Crippen molar-refractivity contribution in [1.29, 1.82) is 0 Å². The zero-order valence-corrected chi connectivity index (χ0v) is 13.5. The monoisotopic (exact) mass is 313 g/mol. The molecule has 0 N–H and O–H groups in total. The van der Waals surface area contributed by atoms with Crippen LogP contribution in [0.5, 0.6) is 0 Å². The molecule has 0 amide bonds. The van der Waals surface area contributed by atoms with E-state index in [-0.39, 0.29) is 5.79 Å². The van der Waals surface area contributed by atoms with E-state index in [0.717, 1.165) is 43.2 Å². The van der Waals surface area contributed by atoms with Crippen LogP contribution in [0, 0.1) is 6.92 Å². The van der Waals surface area contributed by atoms with Gasteiger partial charge in [0.15, 0.2) is 5.79 Å². The van der Waals surface area contributed by atoms with Crippen LogP contribution in [-0.4, -0.2) is 24.0 Å². The van der Waals surface area contributed by atoms with Crippen LogP contribution in [0.3, 0.4) is 0 Å². The summed E-state index contributed by atoms with van der Waals surface area (Å²) in [5.74, 6) is -0.360. The second kappa shape index (κ2) is 5.61. The van der Waals surface area contributed by atoms with E-state index < -0.39 is 0 Å². The first-order valence-corrected chi connectivity index (χ1v) is 8.61. The average molecular weight is 313 g/mol. The van der Waals surface area contributed by atoms with Gasteiger partial charge in [0, 0.05) is 18.2 Å². The van der Waals surface area contributed by atoms with Crippen LogP contribution in [-0.2, 0) is 22.3 Å². The smallest absolute Gasteiger partial charge is 0.172 e. The normalized spacial score (nSPS) is 19.9. The summed E-state index contributed by atoms with van der Waals surface area (Å²) in [5.41, 5.74) is 5.10. The molecule has 1 spiro atoms. The van der Waals surface area contributed by atoms with Crippen molar-refractivity contribution in [3.05, 3.63) is 51.0 Å². The first kappa shape index (κ1) is 14.1. The predicted octanol–water partition coefficient (Wildman–Crippen LogP) is 3.85. The molecule has 1 aliphatic heterocycles. The molecule has 0 saturated carbocycles. The van der Waals surface area contributed by atoms with Crippen molar-refractivity contribution in [3.8, 4) is 0 Å². The maximum atomic E-state index is 5.86. The van der Waals surface area contributed by atoms with Gasteiger partial charge in [0.2, 0.25) is 0 Å². The van der Waals surface area contributed by atoms with Crippen molar-refractivity contribution in [1.82, 2.24) is 4.98 Å². The highest BCUT2D eigenvalue weighted by molar-refractivity contribution is 7.09. The van der Waals surface area contributed by atoms with Gasteiger partial charge in [-0.05, 0) is 36.1 Å². The van der Waals surface area contributed by atoms with Crippen LogP contribution in [0.15, 0.2) is 23.6 Å². The number of thiazole rings is 1. The number of nitrogens with zero attached hydrogens (tertiary/aromatic N) is 1. The van der Waals surface area contributed by atoms with Crippen molar-refractivity contribution in [3.63, 3.8) is 0 Å². The lowest BCUT2D eigenvalue weighted by molar-refractivity contribution is -0.163. The summed E-state index contributed by atoms with van der Waals surface area (Å²) in [7, 11) is 0. The van der Waals surface area contributed by atoms with Crippen molar-refractivity contribution in [2.45, 2.75) is 32.0 Å². The van der Waals surface area contributed by atoms with Crippen molar-refractivity contribution >= 4 is 23.5 Å². The highest BCUT2D eigenvalue weighted by Crippen LogP contribution is 2.36. The quantitative estimate of drug-likeness (QED) is 0.844. The predicted molar refractivity (Wildman–Crippen MR) is 88.9 cm³/mol. The summed E-state index contributed by atoms with van der Waals surface area (Å²) in [4.78, 5) is 4.49. The highest BCUT2D eigenvalue weighted by atomic mass is 32.1. The molecule has 0 radical (unpaired) electrons. The van der Waals surface area contributed by atoms with Crippen LogP contribution in [0.4, 0.5) is 0 Å². The number of hydrogen-bond donors (Lipinski definition) is 0. The van der Waals surface area contributed by atoms with Gasteiger partial charge in [0.1, 0.15) is 0 Å². The third-order valence-corrected chi connectivity index (χ3v) is 5.20. The van der Waals surface area contributed by atoms with Gasteiger partial charge in [-0.3, -0.25) is 0 Å². The molecule has 4 heteroatoms. The van der Waals surface area contributed by atoms with E-state index in [2.05, 4.69) is 40.7 Å². The molecule has 1 aromatic heterocycles. The van der Waals surface area contributed by atoms with Crippen LogP contribution in [0.2, 0.25) is 0 Å². The summed E-state index contributed by atoms with van der Waals surface area (Å²) in [6.07, 6.45) is 7.10. The molecule has 2 heterocycles. The van der Waals surface area contributed by atoms with E-state index in [9.17, 15) is 0 Å². The summed E-state index contributed by atoms with van der Waals surface area (Å²) >= 11 is 1.69. The first-order valence-electron chi connectivity index (χ1n) is 7.73. The van der Waals surface area contributed by atoms with Crippen molar-refractivity contribution < 1.29 is 9.47 Å². The lowest BCUT2D eigenvalue weighted by Gasteiger charge is -2.33. The molecular formula is C18H19NO2S. The molecule has 1 fully saturated rings. The fourth-order valence-electron chi connectivity index (χ4n) is 3.35. The molecule has 114 valence electrons. The number of ether oxygens (including phenoxy) is 2. The molecule has 1 aliphatic carbocycles. The number of aryl methyl sites for hydroxylation is 1. The molecule has 3 nitrogen and oxygen atoms in total. The molecule has 1 aromatic carbocycles. The Balaban J connectivity index is 1.61. The number of hydrogen-bond acceptors (Lipinski definition) is 4. The van der Waals surface area contributed by atoms with Crippen LogP contribution in [0.1, 0.15) is 33.8 Å². The van der Waals surface area contributed by atoms with E-state index in [1.807, 2.05) is 6.92 Å². The molecule has 2 aliphatic rings. The van der Waals surface area contributed by atoms with Gasteiger partial charge in [0.05, 0.1) is 23.9 Å². The highest BCUT2D eigenvalue weighted by Gasteiger charge is 2.39. The Morgan fingerprint density at radius 1 is 1.23 bits per heavy atom. The SMILES string of the molecule is Cc1nc(C=Cc2cccc3c2CCC2(C3)OCCO2)cs1. The number of rotatable bonds is 2. The summed E-state index contributed by atoms with van der Waals surface area (Å²) < 4.78 is 11.7. The van der Waals surface area contributed by atoms with Crippen LogP contribution < -0.4 is 0 Å². The molecule has 22 heavy (non-hydrogen) atoms. The van der Waals surface area contributed by atoms with E-state index in [0.29, 0.717) is 0 Å². The lowest BCUT2D eigenvalue weighted by atomic mass is 9.84. The van der Waals surface area contributed by atoms with Gasteiger partial charge >= 0.3 is 0 Å². The molecule has 2 aromatic rings. The van der Waals surface area contributed by atoms with Gasteiger partial charge < -0.3 is 9.47 Å². The van der Waals surface area contributed by atoms with Crippen LogP contribution in [0.25, 0.3) is 12.2 Å². The summed E-state index contributed by atoms with van der Waals surface area (Å²) in [6, 6.07) is 6.51. The fraction of sp³-hybridized carbons (Fsp3) is 0.389. The minimum atomic E-state index is -0.360. The molecule has 1 saturated heterocycles. The second-order valence-corrected chi connectivity index (χ2v) is 6.96. The van der Waals surface area contributed by atoms with Crippen molar-refractivity contribution in [2.75, 3.05) is 13.2 Å². The second-order valence-electron chi connectivity index (χ2n) is 5.89. The van der Waals surface area contributed by atoms with E-state index in [1.54, 1.807) is 11.3 Å². The first-order chi connectivity index (χ1) is 10.7. The van der Waals surface area contributed by atoms with Crippen molar-refractivity contribution in [2.24, 2.45) is 0 Å². The van der Waals surface area contributed by atoms with Gasteiger partial charge in [-0.2, -0.15) is 0 Å². The van der Waals surface area contributed by atoms with E-state index >= 15 is 0 Å². The molecule has 0 unspecified atom stereocenters. The fourth-order valence-corrected chi connectivity index (χ4v) is 3.93. The number of fused-ring (bicyclic) bond motifs is 1. The molecule has 4 rings (SSSR count). The lowest BCUT2D eigenvalue weighted by Crippen LogP contribution is -2.37. The Bertz CT molecular complexity index is 714. The maximum absolute atomic E-state index is 5.86. The van der Waals surface area contributed by atoms with Gasteiger partial charge in [-0.25, -0.2) is 4.98 Å². The Labute approximate surface area is 134 Å². The maximum Gasteiger partial charge on any atom is 0.172 e.